The second kappa shape index (κ2) is 9.87. The normalized spacial score (nSPS) is 17.8. The highest BCUT2D eigenvalue weighted by molar-refractivity contribution is 8.15. The monoisotopic (exact) mass is 533 g/mol. The lowest BCUT2D eigenvalue weighted by Crippen LogP contribution is -2.15. The van der Waals surface area contributed by atoms with Crippen LogP contribution in [0.2, 0.25) is 0 Å². The van der Waals surface area contributed by atoms with Gasteiger partial charge in [-0.15, -0.1) is 23.5 Å². The molecule has 0 bridgehead atoms. The summed E-state index contributed by atoms with van der Waals surface area (Å²) in [5.74, 6) is 2.05. The van der Waals surface area contributed by atoms with E-state index in [-0.39, 0.29) is 11.1 Å². The molecule has 1 aromatic heterocycles. The first-order valence-electron chi connectivity index (χ1n) is 13.0. The fraction of sp³-hybridized carbons (Fsp3) is 0.242. The van der Waals surface area contributed by atoms with Gasteiger partial charge >= 0.3 is 0 Å². The van der Waals surface area contributed by atoms with Crippen molar-refractivity contribution in [2.75, 3.05) is 11.5 Å². The predicted octanol–water partition coefficient (Wildman–Crippen LogP) is 8.63. The Hall–Kier alpha value is -3.15. The average molecular weight is 534 g/mol. The van der Waals surface area contributed by atoms with Gasteiger partial charge in [0.1, 0.15) is 0 Å². The minimum atomic E-state index is 0.00789. The molecule has 4 aromatic rings. The van der Waals surface area contributed by atoms with Gasteiger partial charge in [-0.2, -0.15) is 0 Å². The third kappa shape index (κ3) is 5.36. The number of aliphatic imine (C=N–C) groups is 2. The van der Waals surface area contributed by atoms with Gasteiger partial charge in [-0.05, 0) is 51.0 Å². The van der Waals surface area contributed by atoms with E-state index >= 15 is 0 Å². The van der Waals surface area contributed by atoms with Crippen molar-refractivity contribution in [3.8, 4) is 33.6 Å². The van der Waals surface area contributed by atoms with Crippen LogP contribution in [0.25, 0.3) is 33.6 Å². The molecule has 2 aliphatic heterocycles. The first kappa shape index (κ1) is 25.1. The van der Waals surface area contributed by atoms with Crippen molar-refractivity contribution in [3.05, 3.63) is 102 Å². The number of thioether (sulfide) groups is 2. The van der Waals surface area contributed by atoms with Crippen LogP contribution in [0, 0.1) is 0 Å². The molecule has 6 rings (SSSR count). The van der Waals surface area contributed by atoms with Crippen LogP contribution < -0.4 is 0 Å². The van der Waals surface area contributed by atoms with E-state index in [1.165, 1.54) is 16.7 Å². The van der Waals surface area contributed by atoms with Gasteiger partial charge in [0.15, 0.2) is 0 Å². The van der Waals surface area contributed by atoms with E-state index in [1.807, 2.05) is 23.5 Å². The van der Waals surface area contributed by atoms with E-state index < -0.39 is 0 Å². The number of benzene rings is 3. The van der Waals surface area contributed by atoms with Crippen molar-refractivity contribution >= 4 is 33.6 Å². The Kier molecular flexibility index (Phi) is 6.53. The van der Waals surface area contributed by atoms with Crippen molar-refractivity contribution in [2.24, 2.45) is 9.98 Å². The van der Waals surface area contributed by atoms with E-state index in [1.54, 1.807) is 0 Å². The molecule has 0 unspecified atom stereocenters. The maximum absolute atomic E-state index is 5.13. The van der Waals surface area contributed by atoms with Gasteiger partial charge in [-0.3, -0.25) is 9.98 Å². The standard InChI is InChI=1S/C33H31N3S2/c1-32(2)20-37-30(35-32)25-14-10-23(11-15-25)28-18-27(22-8-6-5-7-9-22)19-29(34-28)24-12-16-26(17-13-24)31-36-33(3,4)21-38-31/h5-19H,20-21H2,1-4H3. The minimum absolute atomic E-state index is 0.00789. The molecule has 3 aromatic carbocycles. The summed E-state index contributed by atoms with van der Waals surface area (Å²) in [6, 6.07) is 32.3. The number of aromatic nitrogens is 1. The third-order valence-corrected chi connectivity index (χ3v) is 9.62. The maximum Gasteiger partial charge on any atom is 0.0984 e. The molecule has 0 aliphatic carbocycles. The van der Waals surface area contributed by atoms with Crippen LogP contribution in [-0.4, -0.2) is 37.7 Å². The Morgan fingerprint density at radius 1 is 0.500 bits per heavy atom. The number of hydrogen-bond donors (Lipinski definition) is 0. The van der Waals surface area contributed by atoms with Crippen molar-refractivity contribution < 1.29 is 0 Å². The number of nitrogens with zero attached hydrogens (tertiary/aromatic N) is 3. The molecule has 3 heterocycles. The molecule has 5 heteroatoms. The summed E-state index contributed by atoms with van der Waals surface area (Å²) in [5, 5.41) is 2.25. The molecule has 190 valence electrons. The molecule has 38 heavy (non-hydrogen) atoms. The number of pyridine rings is 1. The van der Waals surface area contributed by atoms with Gasteiger partial charge < -0.3 is 0 Å². The molecule has 0 radical (unpaired) electrons. The minimum Gasteiger partial charge on any atom is -0.271 e. The van der Waals surface area contributed by atoms with Crippen LogP contribution in [0.5, 0.6) is 0 Å². The Bertz CT molecular complexity index is 1440. The van der Waals surface area contributed by atoms with Crippen molar-refractivity contribution in [1.82, 2.24) is 4.98 Å². The molecule has 3 nitrogen and oxygen atoms in total. The van der Waals surface area contributed by atoms with Crippen molar-refractivity contribution in [3.63, 3.8) is 0 Å². The molecule has 0 spiro atoms. The Morgan fingerprint density at radius 2 is 0.921 bits per heavy atom. The SMILES string of the molecule is CC1(C)CSC(c2ccc(-c3cc(-c4ccccc4)cc(-c4ccc(C5=NC(C)(C)CS5)cc4)n3)cc2)=N1. The smallest absolute Gasteiger partial charge is 0.0984 e. The zero-order valence-corrected chi connectivity index (χ0v) is 23.9. The Morgan fingerprint density at radius 3 is 1.32 bits per heavy atom. The first-order chi connectivity index (χ1) is 18.2. The van der Waals surface area contributed by atoms with Crippen LogP contribution in [0.1, 0.15) is 38.8 Å². The van der Waals surface area contributed by atoms with E-state index in [0.717, 1.165) is 49.7 Å². The summed E-state index contributed by atoms with van der Waals surface area (Å²) >= 11 is 3.68. The van der Waals surface area contributed by atoms with Gasteiger partial charge in [0.05, 0.1) is 32.6 Å². The predicted molar refractivity (Wildman–Crippen MR) is 167 cm³/mol. The van der Waals surface area contributed by atoms with E-state index in [2.05, 4.69) is 119 Å². The molecule has 0 amide bonds. The summed E-state index contributed by atoms with van der Waals surface area (Å²) in [4.78, 5) is 14.9. The second-order valence-electron chi connectivity index (χ2n) is 11.2. The van der Waals surface area contributed by atoms with Gasteiger partial charge in [-0.1, -0.05) is 78.9 Å². The van der Waals surface area contributed by atoms with Crippen LogP contribution in [0.3, 0.4) is 0 Å². The van der Waals surface area contributed by atoms with Gasteiger partial charge in [0, 0.05) is 33.8 Å². The molecule has 0 saturated carbocycles. The van der Waals surface area contributed by atoms with Gasteiger partial charge in [-0.25, -0.2) is 4.98 Å². The van der Waals surface area contributed by atoms with Crippen LogP contribution in [0.15, 0.2) is 101 Å². The van der Waals surface area contributed by atoms with Crippen LogP contribution in [0.4, 0.5) is 0 Å². The molecular formula is C33H31N3S2. The fourth-order valence-electron chi connectivity index (χ4n) is 4.66. The van der Waals surface area contributed by atoms with E-state index in [0.29, 0.717) is 0 Å². The highest BCUT2D eigenvalue weighted by Gasteiger charge is 2.27. The lowest BCUT2D eigenvalue weighted by Gasteiger charge is -2.11. The lowest BCUT2D eigenvalue weighted by atomic mass is 9.99. The zero-order valence-electron chi connectivity index (χ0n) is 22.2. The average Bonchev–Trinajstić information content (AvgIpc) is 3.49. The number of hydrogen-bond acceptors (Lipinski definition) is 5. The Labute approximate surface area is 233 Å². The maximum atomic E-state index is 5.13. The van der Waals surface area contributed by atoms with Crippen molar-refractivity contribution in [2.45, 2.75) is 38.8 Å². The quantitative estimate of drug-likeness (QED) is 0.258. The van der Waals surface area contributed by atoms with Crippen LogP contribution in [-0.2, 0) is 0 Å². The summed E-state index contributed by atoms with van der Waals surface area (Å²) in [5.41, 5.74) is 8.86. The molecular weight excluding hydrogens is 503 g/mol. The Balaban J connectivity index is 1.37. The highest BCUT2D eigenvalue weighted by Crippen LogP contribution is 2.34. The zero-order chi connectivity index (χ0) is 26.3. The molecule has 0 N–H and O–H groups in total. The van der Waals surface area contributed by atoms with Crippen molar-refractivity contribution in [1.29, 1.82) is 0 Å². The van der Waals surface area contributed by atoms with Gasteiger partial charge in [0.2, 0.25) is 0 Å². The summed E-state index contributed by atoms with van der Waals surface area (Å²) in [6.45, 7) is 8.76. The number of rotatable bonds is 5. The fourth-order valence-corrected chi connectivity index (χ4v) is 6.99. The third-order valence-electron chi connectivity index (χ3n) is 6.72. The second-order valence-corrected chi connectivity index (χ2v) is 13.1. The largest absolute Gasteiger partial charge is 0.271 e. The van der Waals surface area contributed by atoms with E-state index in [9.17, 15) is 0 Å². The summed E-state index contributed by atoms with van der Waals surface area (Å²) in [6.07, 6.45) is 0. The topological polar surface area (TPSA) is 37.6 Å². The highest BCUT2D eigenvalue weighted by atomic mass is 32.2. The summed E-state index contributed by atoms with van der Waals surface area (Å²) in [7, 11) is 0. The summed E-state index contributed by atoms with van der Waals surface area (Å²) < 4.78 is 0. The lowest BCUT2D eigenvalue weighted by molar-refractivity contribution is 0.605. The molecule has 0 saturated heterocycles. The van der Waals surface area contributed by atoms with Gasteiger partial charge in [0.25, 0.3) is 0 Å². The van der Waals surface area contributed by atoms with Crippen LogP contribution >= 0.6 is 23.5 Å². The van der Waals surface area contributed by atoms with E-state index in [4.69, 9.17) is 15.0 Å². The first-order valence-corrected chi connectivity index (χ1v) is 15.0. The molecule has 2 aliphatic rings. The molecule has 0 atom stereocenters. The molecule has 0 fully saturated rings.